The highest BCUT2D eigenvalue weighted by atomic mass is 32.1. The second-order valence-electron chi connectivity index (χ2n) is 10.8. The Balaban J connectivity index is 1.07. The molecular weight excluding hydrogens is 516 g/mol. The van der Waals surface area contributed by atoms with Crippen LogP contribution in [0.5, 0.6) is 0 Å². The van der Waals surface area contributed by atoms with Crippen LogP contribution in [0, 0.1) is 5.41 Å². The van der Waals surface area contributed by atoms with Gasteiger partial charge in [0, 0.05) is 63.1 Å². The molecule has 12 heteroatoms. The van der Waals surface area contributed by atoms with E-state index in [1.54, 1.807) is 36.3 Å². The van der Waals surface area contributed by atoms with Crippen LogP contribution in [0.4, 0.5) is 0 Å². The highest BCUT2D eigenvalue weighted by Gasteiger charge is 2.46. The van der Waals surface area contributed by atoms with Crippen LogP contribution >= 0.6 is 11.3 Å². The Morgan fingerprint density at radius 2 is 2.03 bits per heavy atom. The SMILES string of the molecule is COCCn1cc(-c2cn3ncc(C(=O)NC4=CC(C(=O)NCCN5CC6(CCC6)C5)=CNC4C)c3s2)cn1. The van der Waals surface area contributed by atoms with E-state index in [2.05, 4.69) is 31.0 Å². The molecule has 1 aliphatic carbocycles. The third-order valence-corrected chi connectivity index (χ3v) is 9.08. The number of aromatic nitrogens is 4. The number of nitrogens with one attached hydrogen (secondary N) is 3. The number of rotatable bonds is 10. The molecule has 2 fully saturated rings. The number of ether oxygens (including phenoxy) is 1. The molecule has 0 aromatic carbocycles. The summed E-state index contributed by atoms with van der Waals surface area (Å²) in [5.74, 6) is -0.416. The minimum absolute atomic E-state index is 0.145. The maximum absolute atomic E-state index is 13.3. The van der Waals surface area contributed by atoms with Gasteiger partial charge >= 0.3 is 0 Å². The molecule has 1 atom stereocenters. The first-order valence-electron chi connectivity index (χ1n) is 13.4. The van der Waals surface area contributed by atoms with Crippen LogP contribution < -0.4 is 16.0 Å². The molecule has 0 bridgehead atoms. The number of dihydropyridines is 1. The van der Waals surface area contributed by atoms with Crippen molar-refractivity contribution in [2.75, 3.05) is 39.9 Å². The van der Waals surface area contributed by atoms with Gasteiger partial charge in [-0.15, -0.1) is 11.3 Å². The number of hydrogen-bond donors (Lipinski definition) is 3. The summed E-state index contributed by atoms with van der Waals surface area (Å²) in [6.45, 7) is 6.99. The van der Waals surface area contributed by atoms with Gasteiger partial charge in [-0.1, -0.05) is 6.42 Å². The lowest BCUT2D eigenvalue weighted by atomic mass is 9.63. The monoisotopic (exact) mass is 550 g/mol. The predicted molar refractivity (Wildman–Crippen MR) is 148 cm³/mol. The zero-order valence-electron chi connectivity index (χ0n) is 22.3. The van der Waals surface area contributed by atoms with E-state index >= 15 is 0 Å². The van der Waals surface area contributed by atoms with Crippen LogP contribution in [-0.2, 0) is 16.1 Å². The normalized spacial score (nSPS) is 20.1. The maximum atomic E-state index is 13.3. The molecule has 3 aliphatic rings. The summed E-state index contributed by atoms with van der Waals surface area (Å²) >= 11 is 1.48. The van der Waals surface area contributed by atoms with E-state index in [0.717, 1.165) is 34.9 Å². The largest absolute Gasteiger partial charge is 0.383 e. The summed E-state index contributed by atoms with van der Waals surface area (Å²) in [6, 6.07) is -0.145. The fourth-order valence-electron chi connectivity index (χ4n) is 5.47. The van der Waals surface area contributed by atoms with Crippen LogP contribution in [-0.4, -0.2) is 82.0 Å². The summed E-state index contributed by atoms with van der Waals surface area (Å²) < 4.78 is 8.66. The molecule has 39 heavy (non-hydrogen) atoms. The highest BCUT2D eigenvalue weighted by Crippen LogP contribution is 2.47. The van der Waals surface area contributed by atoms with Crippen LogP contribution in [0.1, 0.15) is 36.5 Å². The van der Waals surface area contributed by atoms with E-state index in [9.17, 15) is 9.59 Å². The number of nitrogens with zero attached hydrogens (tertiary/aromatic N) is 5. The van der Waals surface area contributed by atoms with Crippen LogP contribution in [0.2, 0.25) is 0 Å². The quantitative estimate of drug-likeness (QED) is 0.353. The molecule has 11 nitrogen and oxygen atoms in total. The number of thiazole rings is 1. The molecule has 6 rings (SSSR count). The number of carbonyl (C=O) groups is 2. The van der Waals surface area contributed by atoms with Gasteiger partial charge in [-0.2, -0.15) is 10.2 Å². The van der Waals surface area contributed by atoms with E-state index in [1.807, 2.05) is 24.0 Å². The lowest BCUT2D eigenvalue weighted by molar-refractivity contribution is -0.117. The van der Waals surface area contributed by atoms with Crippen LogP contribution in [0.3, 0.4) is 0 Å². The molecule has 3 aromatic heterocycles. The zero-order chi connectivity index (χ0) is 27.0. The lowest BCUT2D eigenvalue weighted by Crippen LogP contribution is -2.60. The second kappa shape index (κ2) is 10.6. The van der Waals surface area contributed by atoms with Gasteiger partial charge in [-0.05, 0) is 31.3 Å². The third-order valence-electron chi connectivity index (χ3n) is 7.92. The fraction of sp³-hybridized carbons (Fsp3) is 0.481. The van der Waals surface area contributed by atoms with Gasteiger partial charge in [0.25, 0.3) is 11.8 Å². The van der Waals surface area contributed by atoms with Crippen molar-refractivity contribution in [2.45, 2.75) is 38.8 Å². The van der Waals surface area contributed by atoms with Gasteiger partial charge in [-0.3, -0.25) is 14.3 Å². The summed E-state index contributed by atoms with van der Waals surface area (Å²) in [7, 11) is 1.66. The second-order valence-corrected chi connectivity index (χ2v) is 11.8. The fourth-order valence-corrected chi connectivity index (χ4v) is 6.50. The smallest absolute Gasteiger partial charge is 0.260 e. The summed E-state index contributed by atoms with van der Waals surface area (Å²) in [5.41, 5.74) is 3.15. The third kappa shape index (κ3) is 5.23. The molecule has 1 saturated carbocycles. The Hall–Kier alpha value is -3.48. The van der Waals surface area contributed by atoms with Crippen molar-refractivity contribution in [1.82, 2.24) is 40.2 Å². The van der Waals surface area contributed by atoms with E-state index < -0.39 is 0 Å². The number of carbonyl (C=O) groups excluding carboxylic acids is 2. The predicted octanol–water partition coefficient (Wildman–Crippen LogP) is 2.00. The topological polar surface area (TPSA) is 118 Å². The van der Waals surface area contributed by atoms with Gasteiger partial charge in [0.2, 0.25) is 0 Å². The van der Waals surface area contributed by atoms with Gasteiger partial charge < -0.3 is 25.6 Å². The molecule has 206 valence electrons. The molecule has 1 spiro atoms. The molecule has 1 saturated heterocycles. The Morgan fingerprint density at radius 1 is 1.18 bits per heavy atom. The van der Waals surface area contributed by atoms with Crippen molar-refractivity contribution in [3.8, 4) is 10.4 Å². The Kier molecular flexibility index (Phi) is 7.00. The Morgan fingerprint density at radius 3 is 2.79 bits per heavy atom. The number of hydrogen-bond acceptors (Lipinski definition) is 8. The van der Waals surface area contributed by atoms with Crippen molar-refractivity contribution >= 4 is 28.0 Å². The first kappa shape index (κ1) is 25.8. The maximum Gasteiger partial charge on any atom is 0.260 e. The summed E-state index contributed by atoms with van der Waals surface area (Å²) in [4.78, 5) is 30.2. The number of fused-ring (bicyclic) bond motifs is 1. The lowest BCUT2D eigenvalue weighted by Gasteiger charge is -2.56. The van der Waals surface area contributed by atoms with Crippen molar-refractivity contribution in [1.29, 1.82) is 0 Å². The van der Waals surface area contributed by atoms with E-state index in [4.69, 9.17) is 4.74 Å². The number of amides is 2. The number of methoxy groups -OCH3 is 1. The molecule has 3 N–H and O–H groups in total. The molecule has 2 aliphatic heterocycles. The molecular formula is C27H34N8O3S. The zero-order valence-corrected chi connectivity index (χ0v) is 23.1. The molecule has 1 unspecified atom stereocenters. The van der Waals surface area contributed by atoms with E-state index in [1.165, 1.54) is 30.6 Å². The van der Waals surface area contributed by atoms with Crippen molar-refractivity contribution < 1.29 is 14.3 Å². The van der Waals surface area contributed by atoms with Gasteiger partial charge in [0.1, 0.15) is 4.83 Å². The highest BCUT2D eigenvalue weighted by molar-refractivity contribution is 7.21. The van der Waals surface area contributed by atoms with Crippen LogP contribution in [0.15, 0.2) is 48.3 Å². The van der Waals surface area contributed by atoms with Crippen molar-refractivity contribution in [2.24, 2.45) is 5.41 Å². The van der Waals surface area contributed by atoms with Gasteiger partial charge in [0.05, 0.1) is 47.6 Å². The van der Waals surface area contributed by atoms with Crippen LogP contribution in [0.25, 0.3) is 15.3 Å². The molecule has 5 heterocycles. The first-order chi connectivity index (χ1) is 18.9. The Bertz CT molecular complexity index is 1440. The van der Waals surface area contributed by atoms with Gasteiger partial charge in [-0.25, -0.2) is 4.52 Å². The average Bonchev–Trinajstić information content (AvgIpc) is 3.60. The molecule has 3 aromatic rings. The summed E-state index contributed by atoms with van der Waals surface area (Å²) in [5, 5.41) is 17.9. The minimum atomic E-state index is -0.265. The number of likely N-dealkylation sites (tertiary alicyclic amines) is 1. The summed E-state index contributed by atoms with van der Waals surface area (Å²) in [6.07, 6.45) is 14.7. The van der Waals surface area contributed by atoms with Gasteiger partial charge in [0.15, 0.2) is 0 Å². The van der Waals surface area contributed by atoms with Crippen molar-refractivity contribution in [3.63, 3.8) is 0 Å². The van der Waals surface area contributed by atoms with E-state index in [-0.39, 0.29) is 17.9 Å². The molecule has 0 radical (unpaired) electrons. The average molecular weight is 551 g/mol. The minimum Gasteiger partial charge on any atom is -0.383 e. The van der Waals surface area contributed by atoms with Crippen molar-refractivity contribution in [3.05, 3.63) is 53.9 Å². The Labute approximate surface area is 230 Å². The first-order valence-corrected chi connectivity index (χ1v) is 14.2. The van der Waals surface area contributed by atoms with E-state index in [0.29, 0.717) is 41.9 Å². The molecule has 2 amide bonds. The standard InChI is InChI=1S/C27H34N8O3S/c1-18-22(10-19(11-29-18)24(36)28-6-7-33-16-27(17-33)4-3-5-27)32-25(37)21-13-31-35-15-23(39-26(21)35)20-12-30-34(14-20)8-9-38-2/h10-15,18,29H,3-9,16-17H2,1-2H3,(H,28,36)(H,32,37).